The summed E-state index contributed by atoms with van der Waals surface area (Å²) in [6.45, 7) is 0.257. The van der Waals surface area contributed by atoms with Crippen molar-refractivity contribution in [2.24, 2.45) is 0 Å². The fourth-order valence-corrected chi connectivity index (χ4v) is 5.70. The van der Waals surface area contributed by atoms with Gasteiger partial charge in [0.2, 0.25) is 15.9 Å². The lowest BCUT2D eigenvalue weighted by Crippen LogP contribution is -2.22. The summed E-state index contributed by atoms with van der Waals surface area (Å²) in [7, 11) is -0.418. The Labute approximate surface area is 169 Å². The average molecular weight is 418 g/mol. The third kappa shape index (κ3) is 3.64. The SMILES string of the molecule is CN(C)S(=O)(=O)c1cccc(COc2ncnc3sc4c(c23)CCCCC4)c1. The predicted molar refractivity (Wildman–Crippen MR) is 110 cm³/mol. The van der Waals surface area contributed by atoms with Gasteiger partial charge >= 0.3 is 0 Å². The molecular weight excluding hydrogens is 394 g/mol. The summed E-state index contributed by atoms with van der Waals surface area (Å²) in [4.78, 5) is 11.5. The molecule has 3 aromatic rings. The molecule has 1 aliphatic carbocycles. The number of aryl methyl sites for hydroxylation is 2. The molecule has 0 saturated carbocycles. The van der Waals surface area contributed by atoms with Crippen LogP contribution in [0, 0.1) is 0 Å². The molecule has 148 valence electrons. The van der Waals surface area contributed by atoms with E-state index in [1.807, 2.05) is 6.07 Å². The van der Waals surface area contributed by atoms with Gasteiger partial charge in [-0.1, -0.05) is 18.6 Å². The molecule has 0 radical (unpaired) electrons. The topological polar surface area (TPSA) is 72.4 Å². The molecule has 8 heteroatoms. The molecule has 0 bridgehead atoms. The molecule has 1 aromatic carbocycles. The standard InChI is InChI=1S/C20H23N3O3S2/c1-23(2)28(24,25)15-8-6-7-14(11-15)12-26-19-18-16-9-4-3-5-10-17(16)27-20(18)22-13-21-19/h6-8,11,13H,3-5,9-10,12H2,1-2H3. The van der Waals surface area contributed by atoms with E-state index in [0.717, 1.165) is 28.6 Å². The van der Waals surface area contributed by atoms with Crippen molar-refractivity contribution in [3.8, 4) is 5.88 Å². The van der Waals surface area contributed by atoms with Crippen LogP contribution in [0.25, 0.3) is 10.2 Å². The number of ether oxygens (including phenoxy) is 1. The van der Waals surface area contributed by atoms with E-state index in [9.17, 15) is 8.42 Å². The molecule has 0 N–H and O–H groups in total. The number of nitrogens with zero attached hydrogens (tertiary/aromatic N) is 3. The Kier molecular flexibility index (Phi) is 5.35. The third-order valence-corrected chi connectivity index (χ3v) is 8.03. The van der Waals surface area contributed by atoms with Gasteiger partial charge in [0, 0.05) is 19.0 Å². The molecular formula is C20H23N3O3S2. The molecule has 2 heterocycles. The first-order chi connectivity index (χ1) is 13.5. The lowest BCUT2D eigenvalue weighted by atomic mass is 10.1. The van der Waals surface area contributed by atoms with Crippen molar-refractivity contribution in [1.82, 2.24) is 14.3 Å². The summed E-state index contributed by atoms with van der Waals surface area (Å²) < 4.78 is 32.0. The lowest BCUT2D eigenvalue weighted by Gasteiger charge is -2.13. The van der Waals surface area contributed by atoms with Gasteiger partial charge in [0.25, 0.3) is 0 Å². The molecule has 4 rings (SSSR count). The zero-order valence-electron chi connectivity index (χ0n) is 16.0. The maximum Gasteiger partial charge on any atom is 0.242 e. The van der Waals surface area contributed by atoms with Crippen LogP contribution in [0.3, 0.4) is 0 Å². The zero-order valence-corrected chi connectivity index (χ0v) is 17.6. The Morgan fingerprint density at radius 3 is 2.79 bits per heavy atom. The van der Waals surface area contributed by atoms with Gasteiger partial charge in [0.05, 0.1) is 10.3 Å². The Hall–Kier alpha value is -2.03. The Morgan fingerprint density at radius 1 is 1.14 bits per heavy atom. The van der Waals surface area contributed by atoms with Crippen molar-refractivity contribution in [2.75, 3.05) is 14.1 Å². The largest absolute Gasteiger partial charge is 0.472 e. The summed E-state index contributed by atoms with van der Waals surface area (Å²) in [6, 6.07) is 6.85. The summed E-state index contributed by atoms with van der Waals surface area (Å²) in [5.41, 5.74) is 2.12. The number of benzene rings is 1. The highest BCUT2D eigenvalue weighted by atomic mass is 32.2. The Balaban J connectivity index is 1.63. The third-order valence-electron chi connectivity index (χ3n) is 5.02. The van der Waals surface area contributed by atoms with E-state index >= 15 is 0 Å². The van der Waals surface area contributed by atoms with E-state index in [2.05, 4.69) is 9.97 Å². The summed E-state index contributed by atoms with van der Waals surface area (Å²) in [5, 5.41) is 1.03. The molecule has 0 aliphatic heterocycles. The fraction of sp³-hybridized carbons (Fsp3) is 0.400. The van der Waals surface area contributed by atoms with Crippen LogP contribution >= 0.6 is 11.3 Å². The van der Waals surface area contributed by atoms with Crippen LogP contribution < -0.4 is 4.74 Å². The molecule has 0 atom stereocenters. The van der Waals surface area contributed by atoms with Crippen molar-refractivity contribution < 1.29 is 13.2 Å². The average Bonchev–Trinajstić information content (AvgIpc) is 2.88. The van der Waals surface area contributed by atoms with Crippen LogP contribution in [0.4, 0.5) is 0 Å². The van der Waals surface area contributed by atoms with E-state index in [-0.39, 0.29) is 11.5 Å². The van der Waals surface area contributed by atoms with E-state index in [1.54, 1.807) is 35.9 Å². The van der Waals surface area contributed by atoms with Gasteiger partial charge in [-0.3, -0.25) is 0 Å². The molecule has 0 saturated heterocycles. The van der Waals surface area contributed by atoms with Crippen LogP contribution in [0.5, 0.6) is 5.88 Å². The van der Waals surface area contributed by atoms with Crippen molar-refractivity contribution in [3.63, 3.8) is 0 Å². The number of sulfonamides is 1. The Bertz CT molecular complexity index is 1110. The van der Waals surface area contributed by atoms with Crippen molar-refractivity contribution in [2.45, 2.75) is 43.6 Å². The van der Waals surface area contributed by atoms with Gasteiger partial charge in [-0.2, -0.15) is 0 Å². The lowest BCUT2D eigenvalue weighted by molar-refractivity contribution is 0.297. The van der Waals surface area contributed by atoms with Gasteiger partial charge in [0.15, 0.2) is 0 Å². The number of hydrogen-bond donors (Lipinski definition) is 0. The zero-order chi connectivity index (χ0) is 19.7. The van der Waals surface area contributed by atoms with Gasteiger partial charge in [-0.15, -0.1) is 11.3 Å². The summed E-state index contributed by atoms with van der Waals surface area (Å²) >= 11 is 1.74. The highest BCUT2D eigenvalue weighted by Gasteiger charge is 2.20. The molecule has 0 amide bonds. The van der Waals surface area contributed by atoms with Crippen molar-refractivity contribution >= 4 is 31.6 Å². The van der Waals surface area contributed by atoms with E-state index in [0.29, 0.717) is 5.88 Å². The fourth-order valence-electron chi connectivity index (χ4n) is 3.51. The maximum absolute atomic E-state index is 12.4. The minimum Gasteiger partial charge on any atom is -0.472 e. The molecule has 28 heavy (non-hydrogen) atoms. The van der Waals surface area contributed by atoms with Crippen LogP contribution in [-0.2, 0) is 29.5 Å². The molecule has 2 aromatic heterocycles. The quantitative estimate of drug-likeness (QED) is 0.591. The smallest absolute Gasteiger partial charge is 0.242 e. The molecule has 0 fully saturated rings. The number of fused-ring (bicyclic) bond motifs is 3. The number of aromatic nitrogens is 2. The van der Waals surface area contributed by atoms with Gasteiger partial charge in [-0.25, -0.2) is 22.7 Å². The normalized spacial score (nSPS) is 14.8. The first-order valence-electron chi connectivity index (χ1n) is 9.36. The molecule has 0 unspecified atom stereocenters. The second-order valence-corrected chi connectivity index (χ2v) is 10.4. The summed E-state index contributed by atoms with van der Waals surface area (Å²) in [6.07, 6.45) is 7.32. The first-order valence-corrected chi connectivity index (χ1v) is 11.6. The monoisotopic (exact) mass is 417 g/mol. The highest BCUT2D eigenvalue weighted by molar-refractivity contribution is 7.89. The van der Waals surface area contributed by atoms with Crippen LogP contribution in [0.15, 0.2) is 35.5 Å². The van der Waals surface area contributed by atoms with E-state index in [1.165, 1.54) is 48.1 Å². The van der Waals surface area contributed by atoms with Gasteiger partial charge in [0.1, 0.15) is 17.8 Å². The van der Waals surface area contributed by atoms with Gasteiger partial charge < -0.3 is 4.74 Å². The van der Waals surface area contributed by atoms with E-state index in [4.69, 9.17) is 4.74 Å². The van der Waals surface area contributed by atoms with Crippen LogP contribution in [-0.4, -0.2) is 36.8 Å². The minimum absolute atomic E-state index is 0.257. The number of hydrogen-bond acceptors (Lipinski definition) is 6. The molecule has 0 spiro atoms. The number of thiophene rings is 1. The van der Waals surface area contributed by atoms with E-state index < -0.39 is 10.0 Å². The summed E-state index contributed by atoms with van der Waals surface area (Å²) in [5.74, 6) is 0.588. The van der Waals surface area contributed by atoms with Crippen molar-refractivity contribution in [1.29, 1.82) is 0 Å². The first kappa shape index (κ1) is 19.3. The number of rotatable bonds is 5. The van der Waals surface area contributed by atoms with Gasteiger partial charge in [-0.05, 0) is 48.9 Å². The predicted octanol–water partition coefficient (Wildman–Crippen LogP) is 3.79. The molecule has 6 nitrogen and oxygen atoms in total. The minimum atomic E-state index is -3.47. The highest BCUT2D eigenvalue weighted by Crippen LogP contribution is 2.38. The Morgan fingerprint density at radius 2 is 1.96 bits per heavy atom. The second kappa shape index (κ2) is 7.77. The second-order valence-electron chi connectivity index (χ2n) is 7.15. The maximum atomic E-state index is 12.4. The molecule has 1 aliphatic rings. The van der Waals surface area contributed by atoms with Crippen LogP contribution in [0.2, 0.25) is 0 Å². The van der Waals surface area contributed by atoms with Crippen molar-refractivity contribution in [3.05, 3.63) is 46.6 Å². The van der Waals surface area contributed by atoms with Crippen LogP contribution in [0.1, 0.15) is 35.3 Å².